The largest absolute Gasteiger partial charge is 0.489 e. The molecular weight excluding hydrogens is 424 g/mol. The third kappa shape index (κ3) is 5.17. The normalized spacial score (nSPS) is 11.0. The molecule has 3 aromatic carbocycles. The SMILES string of the molecule is O=C(O)CN(c1ccc(OCc2ccccc2)cc1)S(=O)(=O)c1ccccc1[N+](=O)[O-]. The Balaban J connectivity index is 1.90. The summed E-state index contributed by atoms with van der Waals surface area (Å²) in [6, 6.07) is 20.0. The number of para-hydroxylation sites is 1. The van der Waals surface area contributed by atoms with Crippen LogP contribution in [0.3, 0.4) is 0 Å². The third-order valence-corrected chi connectivity index (χ3v) is 6.10. The molecule has 0 radical (unpaired) electrons. The number of sulfonamides is 1. The van der Waals surface area contributed by atoms with Crippen molar-refractivity contribution in [2.45, 2.75) is 11.5 Å². The first-order valence-corrected chi connectivity index (χ1v) is 10.5. The van der Waals surface area contributed by atoms with Crippen LogP contribution in [-0.2, 0) is 21.4 Å². The van der Waals surface area contributed by atoms with Crippen molar-refractivity contribution in [1.29, 1.82) is 0 Å². The van der Waals surface area contributed by atoms with Crippen molar-refractivity contribution in [1.82, 2.24) is 0 Å². The molecule has 0 aliphatic heterocycles. The van der Waals surface area contributed by atoms with E-state index < -0.39 is 38.0 Å². The second-order valence-corrected chi connectivity index (χ2v) is 8.23. The van der Waals surface area contributed by atoms with Gasteiger partial charge >= 0.3 is 5.97 Å². The fourth-order valence-corrected chi connectivity index (χ4v) is 4.41. The lowest BCUT2D eigenvalue weighted by molar-refractivity contribution is -0.387. The van der Waals surface area contributed by atoms with Crippen molar-refractivity contribution >= 4 is 27.4 Å². The molecule has 160 valence electrons. The van der Waals surface area contributed by atoms with Crippen molar-refractivity contribution < 1.29 is 28.0 Å². The van der Waals surface area contributed by atoms with Crippen LogP contribution in [0.25, 0.3) is 0 Å². The molecule has 1 N–H and O–H groups in total. The summed E-state index contributed by atoms with van der Waals surface area (Å²) in [6.07, 6.45) is 0. The number of anilines is 1. The van der Waals surface area contributed by atoms with Gasteiger partial charge in [-0.3, -0.25) is 19.2 Å². The van der Waals surface area contributed by atoms with E-state index in [1.54, 1.807) is 0 Å². The summed E-state index contributed by atoms with van der Waals surface area (Å²) in [5, 5.41) is 20.5. The predicted octanol–water partition coefficient (Wildman–Crippen LogP) is 3.45. The molecule has 0 fully saturated rings. The summed E-state index contributed by atoms with van der Waals surface area (Å²) in [6.45, 7) is -0.605. The Morgan fingerprint density at radius 2 is 1.58 bits per heavy atom. The van der Waals surface area contributed by atoms with Gasteiger partial charge in [0.2, 0.25) is 0 Å². The second kappa shape index (κ2) is 9.26. The number of carbonyl (C=O) groups is 1. The van der Waals surface area contributed by atoms with Crippen LogP contribution in [0.4, 0.5) is 11.4 Å². The topological polar surface area (TPSA) is 127 Å². The maximum Gasteiger partial charge on any atom is 0.324 e. The number of hydrogen-bond acceptors (Lipinski definition) is 6. The standard InChI is InChI=1S/C21H18N2O7S/c24-21(25)14-22(31(28,29)20-9-5-4-8-19(20)23(26)27)17-10-12-18(13-11-17)30-15-16-6-2-1-3-7-16/h1-13H,14-15H2,(H,24,25). The lowest BCUT2D eigenvalue weighted by atomic mass is 10.2. The summed E-state index contributed by atoms with van der Waals surface area (Å²) in [4.78, 5) is 21.2. The highest BCUT2D eigenvalue weighted by Crippen LogP contribution is 2.30. The van der Waals surface area contributed by atoms with E-state index in [4.69, 9.17) is 4.74 Å². The molecule has 0 heterocycles. The molecular formula is C21H18N2O7S. The summed E-state index contributed by atoms with van der Waals surface area (Å²) < 4.78 is 32.5. The first kappa shape index (κ1) is 21.8. The van der Waals surface area contributed by atoms with Crippen LogP contribution in [0.1, 0.15) is 5.56 Å². The zero-order valence-electron chi connectivity index (χ0n) is 16.1. The zero-order valence-corrected chi connectivity index (χ0v) is 16.9. The van der Waals surface area contributed by atoms with E-state index in [-0.39, 0.29) is 5.69 Å². The molecule has 3 rings (SSSR count). The molecule has 0 aliphatic rings. The number of carboxylic acids is 1. The van der Waals surface area contributed by atoms with E-state index in [0.29, 0.717) is 16.7 Å². The number of aliphatic carboxylic acids is 1. The van der Waals surface area contributed by atoms with E-state index in [9.17, 15) is 28.4 Å². The van der Waals surface area contributed by atoms with Crippen LogP contribution in [0, 0.1) is 10.1 Å². The maximum atomic E-state index is 13.1. The summed E-state index contributed by atoms with van der Waals surface area (Å²) in [7, 11) is -4.52. The summed E-state index contributed by atoms with van der Waals surface area (Å²) in [5.41, 5.74) is 0.339. The van der Waals surface area contributed by atoms with E-state index in [0.717, 1.165) is 17.7 Å². The molecule has 3 aromatic rings. The molecule has 10 heteroatoms. The highest BCUT2D eigenvalue weighted by Gasteiger charge is 2.33. The zero-order chi connectivity index (χ0) is 22.4. The first-order valence-electron chi connectivity index (χ1n) is 9.04. The summed E-state index contributed by atoms with van der Waals surface area (Å²) >= 11 is 0. The fraction of sp³-hybridized carbons (Fsp3) is 0.0952. The molecule has 0 spiro atoms. The van der Waals surface area contributed by atoms with E-state index >= 15 is 0 Å². The molecule has 0 aromatic heterocycles. The smallest absolute Gasteiger partial charge is 0.324 e. The molecule has 0 saturated heterocycles. The minimum absolute atomic E-state index is 0.0348. The van der Waals surface area contributed by atoms with Gasteiger partial charge in [-0.25, -0.2) is 8.42 Å². The van der Waals surface area contributed by atoms with Crippen LogP contribution >= 0.6 is 0 Å². The Kier molecular flexibility index (Phi) is 6.51. The van der Waals surface area contributed by atoms with Crippen molar-refractivity contribution in [3.8, 4) is 5.75 Å². The Hall–Kier alpha value is -3.92. The number of ether oxygens (including phenoxy) is 1. The average Bonchev–Trinajstić information content (AvgIpc) is 2.77. The molecule has 31 heavy (non-hydrogen) atoms. The lowest BCUT2D eigenvalue weighted by Gasteiger charge is -2.22. The van der Waals surface area contributed by atoms with Crippen LogP contribution in [0.5, 0.6) is 5.75 Å². The quantitative estimate of drug-likeness (QED) is 0.397. The molecule has 0 unspecified atom stereocenters. The summed E-state index contributed by atoms with van der Waals surface area (Å²) in [5.74, 6) is -0.961. The molecule has 0 aliphatic carbocycles. The Bertz CT molecular complexity index is 1180. The van der Waals surface area contributed by atoms with Crippen LogP contribution in [0.2, 0.25) is 0 Å². The van der Waals surface area contributed by atoms with Gasteiger partial charge in [-0.1, -0.05) is 42.5 Å². The highest BCUT2D eigenvalue weighted by molar-refractivity contribution is 7.93. The van der Waals surface area contributed by atoms with Gasteiger partial charge in [-0.2, -0.15) is 0 Å². The molecule has 0 bridgehead atoms. The monoisotopic (exact) mass is 442 g/mol. The van der Waals surface area contributed by atoms with Crippen molar-refractivity contribution in [3.63, 3.8) is 0 Å². The van der Waals surface area contributed by atoms with Crippen molar-refractivity contribution in [3.05, 3.63) is 94.5 Å². The Morgan fingerprint density at radius 1 is 0.968 bits per heavy atom. The minimum Gasteiger partial charge on any atom is -0.489 e. The van der Waals surface area contributed by atoms with Gasteiger partial charge in [0, 0.05) is 6.07 Å². The number of carboxylic acid groups (broad SMARTS) is 1. The molecule has 0 amide bonds. The molecule has 0 saturated carbocycles. The Morgan fingerprint density at radius 3 is 2.19 bits per heavy atom. The van der Waals surface area contributed by atoms with Gasteiger partial charge in [0.1, 0.15) is 18.9 Å². The second-order valence-electron chi connectivity index (χ2n) is 6.40. The first-order chi connectivity index (χ1) is 14.8. The molecule has 9 nitrogen and oxygen atoms in total. The fourth-order valence-electron chi connectivity index (χ4n) is 2.83. The van der Waals surface area contributed by atoms with E-state index in [1.165, 1.54) is 36.4 Å². The van der Waals surface area contributed by atoms with Gasteiger partial charge < -0.3 is 9.84 Å². The van der Waals surface area contributed by atoms with Gasteiger partial charge in [0.25, 0.3) is 15.7 Å². The van der Waals surface area contributed by atoms with Gasteiger partial charge in [0.15, 0.2) is 4.90 Å². The number of hydrogen-bond donors (Lipinski definition) is 1. The third-order valence-electron chi connectivity index (χ3n) is 4.28. The van der Waals surface area contributed by atoms with Crippen molar-refractivity contribution in [2.24, 2.45) is 0 Å². The van der Waals surface area contributed by atoms with Gasteiger partial charge in [-0.05, 0) is 35.9 Å². The number of nitro benzene ring substituents is 1. The van der Waals surface area contributed by atoms with Crippen LogP contribution < -0.4 is 9.04 Å². The Labute approximate surface area is 178 Å². The average molecular weight is 442 g/mol. The number of nitro groups is 1. The maximum absolute atomic E-state index is 13.1. The van der Waals surface area contributed by atoms with Crippen LogP contribution in [-0.4, -0.2) is 31.0 Å². The van der Waals surface area contributed by atoms with Gasteiger partial charge in [-0.15, -0.1) is 0 Å². The lowest BCUT2D eigenvalue weighted by Crippen LogP contribution is -2.36. The van der Waals surface area contributed by atoms with E-state index in [2.05, 4.69) is 0 Å². The number of nitrogens with zero attached hydrogens (tertiary/aromatic N) is 2. The van der Waals surface area contributed by atoms with Gasteiger partial charge in [0.05, 0.1) is 10.6 Å². The number of rotatable bonds is 9. The predicted molar refractivity (Wildman–Crippen MR) is 112 cm³/mol. The highest BCUT2D eigenvalue weighted by atomic mass is 32.2. The molecule has 0 atom stereocenters. The van der Waals surface area contributed by atoms with Crippen LogP contribution in [0.15, 0.2) is 83.8 Å². The van der Waals surface area contributed by atoms with E-state index in [1.807, 2.05) is 30.3 Å². The number of benzene rings is 3. The van der Waals surface area contributed by atoms with Crippen molar-refractivity contribution in [2.75, 3.05) is 10.8 Å². The minimum atomic E-state index is -4.52.